The molecule has 1 heterocycles. The van der Waals surface area contributed by atoms with E-state index in [9.17, 15) is 13.6 Å². The number of amides is 1. The lowest BCUT2D eigenvalue weighted by Crippen LogP contribution is -2.50. The smallest absolute Gasteiger partial charge is 0.231 e. The monoisotopic (exact) mass is 320 g/mol. The Morgan fingerprint density at radius 3 is 2.57 bits per heavy atom. The number of nitrogens with zero attached hydrogens (tertiary/aromatic N) is 1. The zero-order chi connectivity index (χ0) is 16.4. The molecular formula is C17H18F2N2O2. The van der Waals surface area contributed by atoms with E-state index in [2.05, 4.69) is 10.3 Å². The van der Waals surface area contributed by atoms with Crippen LogP contribution in [0, 0.1) is 11.6 Å². The van der Waals surface area contributed by atoms with E-state index < -0.39 is 17.0 Å². The molecule has 1 aliphatic rings. The van der Waals surface area contributed by atoms with Crippen molar-refractivity contribution < 1.29 is 18.0 Å². The summed E-state index contributed by atoms with van der Waals surface area (Å²) in [5, 5.41) is 2.70. The minimum absolute atomic E-state index is 0.108. The second-order valence-corrected chi connectivity index (χ2v) is 5.79. The van der Waals surface area contributed by atoms with E-state index in [-0.39, 0.29) is 18.0 Å². The third kappa shape index (κ3) is 2.73. The van der Waals surface area contributed by atoms with Crippen LogP contribution >= 0.6 is 0 Å². The Bertz CT molecular complexity index is 703. The van der Waals surface area contributed by atoms with E-state index in [4.69, 9.17) is 4.42 Å². The van der Waals surface area contributed by atoms with Crippen LogP contribution in [0.5, 0.6) is 0 Å². The van der Waals surface area contributed by atoms with Gasteiger partial charge in [0.05, 0.1) is 18.2 Å². The molecular weight excluding hydrogens is 302 g/mol. The van der Waals surface area contributed by atoms with Crippen LogP contribution in [0.4, 0.5) is 8.78 Å². The van der Waals surface area contributed by atoms with Crippen LogP contribution in [-0.2, 0) is 23.2 Å². The van der Waals surface area contributed by atoms with Gasteiger partial charge in [-0.2, -0.15) is 0 Å². The minimum Gasteiger partial charge on any atom is -0.444 e. The molecule has 1 N–H and O–H groups in total. The highest BCUT2D eigenvalue weighted by molar-refractivity contribution is 5.89. The summed E-state index contributed by atoms with van der Waals surface area (Å²) in [6.45, 7) is 2.05. The highest BCUT2D eigenvalue weighted by atomic mass is 19.1. The Morgan fingerprint density at radius 2 is 2.04 bits per heavy atom. The van der Waals surface area contributed by atoms with E-state index in [0.29, 0.717) is 25.2 Å². The van der Waals surface area contributed by atoms with Crippen LogP contribution in [0.3, 0.4) is 0 Å². The average molecular weight is 320 g/mol. The van der Waals surface area contributed by atoms with Crippen molar-refractivity contribution in [3.63, 3.8) is 0 Å². The van der Waals surface area contributed by atoms with Crippen LogP contribution in [0.15, 0.2) is 28.8 Å². The molecule has 1 aliphatic carbocycles. The van der Waals surface area contributed by atoms with Crippen molar-refractivity contribution in [2.24, 2.45) is 0 Å². The molecule has 0 radical (unpaired) electrons. The average Bonchev–Trinajstić information content (AvgIpc) is 2.95. The summed E-state index contributed by atoms with van der Waals surface area (Å²) in [6.07, 6.45) is 3.95. The van der Waals surface area contributed by atoms with Crippen LogP contribution in [-0.4, -0.2) is 10.9 Å². The van der Waals surface area contributed by atoms with E-state index in [1.807, 2.05) is 6.92 Å². The molecule has 0 spiro atoms. The number of aryl methyl sites for hydroxylation is 1. The molecule has 3 rings (SSSR count). The number of carbonyl (C=O) groups excluding carboxylic acids is 1. The van der Waals surface area contributed by atoms with Crippen molar-refractivity contribution in [1.29, 1.82) is 0 Å². The Hall–Kier alpha value is -2.24. The van der Waals surface area contributed by atoms with Crippen LogP contribution in [0.1, 0.15) is 43.4 Å². The zero-order valence-electron chi connectivity index (χ0n) is 12.9. The van der Waals surface area contributed by atoms with E-state index in [1.165, 1.54) is 18.2 Å². The third-order valence-electron chi connectivity index (χ3n) is 4.43. The SMILES string of the molecule is CCc1cnc(CNC(=O)C2(c3c(F)cccc3F)CCC2)o1. The molecule has 0 aliphatic heterocycles. The molecule has 4 nitrogen and oxygen atoms in total. The molecule has 122 valence electrons. The Labute approximate surface area is 132 Å². The normalized spacial score (nSPS) is 16.0. The lowest BCUT2D eigenvalue weighted by atomic mass is 9.63. The summed E-state index contributed by atoms with van der Waals surface area (Å²) >= 11 is 0. The summed E-state index contributed by atoms with van der Waals surface area (Å²) in [5.41, 5.74) is -1.26. The summed E-state index contributed by atoms with van der Waals surface area (Å²) in [7, 11) is 0. The Balaban J connectivity index is 1.78. The van der Waals surface area contributed by atoms with Crippen molar-refractivity contribution in [3.05, 3.63) is 53.2 Å². The largest absolute Gasteiger partial charge is 0.444 e. The van der Waals surface area contributed by atoms with Crippen molar-refractivity contribution in [1.82, 2.24) is 10.3 Å². The number of hydrogen-bond acceptors (Lipinski definition) is 3. The standard InChI is InChI=1S/C17H18F2N2O2/c1-2-11-9-20-14(23-11)10-21-16(22)17(7-4-8-17)15-12(18)5-3-6-13(15)19/h3,5-6,9H,2,4,7-8,10H2,1H3,(H,21,22). The summed E-state index contributed by atoms with van der Waals surface area (Å²) in [5.74, 6) is -0.621. The molecule has 23 heavy (non-hydrogen) atoms. The highest BCUT2D eigenvalue weighted by Gasteiger charge is 2.48. The fourth-order valence-electron chi connectivity index (χ4n) is 2.99. The van der Waals surface area contributed by atoms with Crippen LogP contribution < -0.4 is 5.32 Å². The van der Waals surface area contributed by atoms with E-state index in [0.717, 1.165) is 12.2 Å². The van der Waals surface area contributed by atoms with Gasteiger partial charge in [-0.15, -0.1) is 0 Å². The van der Waals surface area contributed by atoms with Gasteiger partial charge in [-0.25, -0.2) is 13.8 Å². The van der Waals surface area contributed by atoms with Gasteiger partial charge in [0.15, 0.2) is 0 Å². The first-order valence-electron chi connectivity index (χ1n) is 7.73. The molecule has 2 aromatic rings. The van der Waals surface area contributed by atoms with E-state index in [1.54, 1.807) is 6.20 Å². The highest BCUT2D eigenvalue weighted by Crippen LogP contribution is 2.46. The fourth-order valence-corrected chi connectivity index (χ4v) is 2.99. The van der Waals surface area contributed by atoms with Gasteiger partial charge in [-0.3, -0.25) is 4.79 Å². The van der Waals surface area contributed by atoms with Crippen molar-refractivity contribution in [2.75, 3.05) is 0 Å². The second kappa shape index (κ2) is 6.10. The maximum Gasteiger partial charge on any atom is 0.231 e. The van der Waals surface area contributed by atoms with Crippen molar-refractivity contribution in [2.45, 2.75) is 44.6 Å². The van der Waals surface area contributed by atoms with Gasteiger partial charge in [0.1, 0.15) is 17.4 Å². The predicted octanol–water partition coefficient (Wildman–Crippen LogP) is 3.25. The van der Waals surface area contributed by atoms with Crippen molar-refractivity contribution in [3.8, 4) is 0 Å². The quantitative estimate of drug-likeness (QED) is 0.920. The number of oxazole rings is 1. The molecule has 1 amide bonds. The Morgan fingerprint density at radius 1 is 1.35 bits per heavy atom. The molecule has 1 saturated carbocycles. The van der Waals surface area contributed by atoms with Crippen molar-refractivity contribution >= 4 is 5.91 Å². The molecule has 0 saturated heterocycles. The first-order chi connectivity index (χ1) is 11.1. The summed E-state index contributed by atoms with van der Waals surface area (Å²) in [4.78, 5) is 16.7. The molecule has 1 fully saturated rings. The maximum atomic E-state index is 14.1. The van der Waals surface area contributed by atoms with Gasteiger partial charge in [-0.05, 0) is 25.0 Å². The first-order valence-corrected chi connectivity index (χ1v) is 7.73. The number of carbonyl (C=O) groups is 1. The molecule has 1 aromatic heterocycles. The predicted molar refractivity (Wildman–Crippen MR) is 79.6 cm³/mol. The molecule has 0 atom stereocenters. The summed E-state index contributed by atoms with van der Waals surface area (Å²) in [6, 6.07) is 3.68. The number of benzene rings is 1. The second-order valence-electron chi connectivity index (χ2n) is 5.79. The van der Waals surface area contributed by atoms with Crippen LogP contribution in [0.25, 0.3) is 0 Å². The first kappa shape index (κ1) is 15.6. The van der Waals surface area contributed by atoms with Gasteiger partial charge in [-0.1, -0.05) is 19.4 Å². The maximum absolute atomic E-state index is 14.1. The lowest BCUT2D eigenvalue weighted by Gasteiger charge is -2.40. The fraction of sp³-hybridized carbons (Fsp3) is 0.412. The van der Waals surface area contributed by atoms with Crippen LogP contribution in [0.2, 0.25) is 0 Å². The van der Waals surface area contributed by atoms with Gasteiger partial charge in [0, 0.05) is 12.0 Å². The topological polar surface area (TPSA) is 55.1 Å². The van der Waals surface area contributed by atoms with Gasteiger partial charge >= 0.3 is 0 Å². The van der Waals surface area contributed by atoms with E-state index >= 15 is 0 Å². The van der Waals surface area contributed by atoms with Gasteiger partial charge < -0.3 is 9.73 Å². The third-order valence-corrected chi connectivity index (χ3v) is 4.43. The summed E-state index contributed by atoms with van der Waals surface area (Å²) < 4.78 is 33.6. The number of hydrogen-bond donors (Lipinski definition) is 1. The number of halogens is 2. The number of aromatic nitrogens is 1. The van der Waals surface area contributed by atoms with Gasteiger partial charge in [0.2, 0.25) is 11.8 Å². The molecule has 1 aromatic carbocycles. The molecule has 0 bridgehead atoms. The van der Waals surface area contributed by atoms with Gasteiger partial charge in [0.25, 0.3) is 0 Å². The minimum atomic E-state index is -1.13. The Kier molecular flexibility index (Phi) is 4.15. The molecule has 0 unspecified atom stereocenters. The zero-order valence-corrected chi connectivity index (χ0v) is 12.9. The molecule has 6 heteroatoms. The lowest BCUT2D eigenvalue weighted by molar-refractivity contribution is -0.130. The number of rotatable bonds is 5. The number of nitrogens with one attached hydrogen (secondary N) is 1.